The third kappa shape index (κ3) is 8.20. The molecule has 1 aliphatic rings. The molecule has 0 saturated carbocycles. The number of fused-ring (bicyclic) bond motifs is 3. The molecule has 1 aromatic carbocycles. The van der Waals surface area contributed by atoms with Gasteiger partial charge in [0.25, 0.3) is 5.91 Å². The second kappa shape index (κ2) is 16.6. The Kier molecular flexibility index (Phi) is 13.0. The molecule has 2 atom stereocenters. The van der Waals surface area contributed by atoms with Crippen molar-refractivity contribution in [2.75, 3.05) is 47.9 Å². The van der Waals surface area contributed by atoms with Crippen molar-refractivity contribution in [3.05, 3.63) is 39.9 Å². The van der Waals surface area contributed by atoms with Crippen LogP contribution in [0.4, 0.5) is 9.18 Å². The maximum absolute atomic E-state index is 16.4. The number of likely N-dealkylation sites (N-methyl/N-ethyl adjacent to an activating group) is 1. The van der Waals surface area contributed by atoms with Gasteiger partial charge in [-0.05, 0) is 87.8 Å². The Labute approximate surface area is 314 Å². The first-order chi connectivity index (χ1) is 24.6. The molecule has 12 nitrogen and oxygen atoms in total. The van der Waals surface area contributed by atoms with Gasteiger partial charge in [0, 0.05) is 57.6 Å². The lowest BCUT2D eigenvalue weighted by Crippen LogP contribution is -2.35. The molecular formula is C38H52BrFN8O4. The van der Waals surface area contributed by atoms with Crippen molar-refractivity contribution >= 4 is 49.7 Å². The van der Waals surface area contributed by atoms with Gasteiger partial charge in [0.1, 0.15) is 23.4 Å². The fourth-order valence-electron chi connectivity index (χ4n) is 6.50. The zero-order chi connectivity index (χ0) is 38.7. The van der Waals surface area contributed by atoms with E-state index in [0.717, 1.165) is 6.42 Å². The number of hydrogen-bond donors (Lipinski definition) is 0. The van der Waals surface area contributed by atoms with Gasteiger partial charge in [0.15, 0.2) is 5.82 Å². The number of aromatic nitrogens is 4. The topological polar surface area (TPSA) is 122 Å². The third-order valence-electron chi connectivity index (χ3n) is 9.12. The minimum Gasteiger partial charge on any atom is -0.476 e. The van der Waals surface area contributed by atoms with Gasteiger partial charge in [-0.2, -0.15) is 10.4 Å². The largest absolute Gasteiger partial charge is 0.476 e. The molecule has 1 aliphatic heterocycles. The Morgan fingerprint density at radius 1 is 1.17 bits per heavy atom. The van der Waals surface area contributed by atoms with Crippen LogP contribution in [-0.4, -0.2) is 106 Å². The number of aryl methyl sites for hydroxylation is 2. The van der Waals surface area contributed by atoms with Crippen LogP contribution in [0.1, 0.15) is 82.9 Å². The van der Waals surface area contributed by atoms with Gasteiger partial charge in [-0.25, -0.2) is 14.2 Å². The summed E-state index contributed by atoms with van der Waals surface area (Å²) in [5.41, 5.74) is 2.36. The van der Waals surface area contributed by atoms with Gasteiger partial charge >= 0.3 is 6.09 Å². The summed E-state index contributed by atoms with van der Waals surface area (Å²) in [6.45, 7) is 12.6. The van der Waals surface area contributed by atoms with Gasteiger partial charge in [0.2, 0.25) is 5.88 Å². The van der Waals surface area contributed by atoms with Gasteiger partial charge in [0.05, 0.1) is 39.4 Å². The van der Waals surface area contributed by atoms with E-state index < -0.39 is 17.5 Å². The van der Waals surface area contributed by atoms with Crippen LogP contribution in [0.2, 0.25) is 0 Å². The number of benzene rings is 1. The standard InChI is InChI=1S/C36H46BrFN8O4.C2H6/c1-10-22(42(5)6)20-49-33-25-17-27(26-18-40-44(9)32(26)34(47)43(7)8)46(23-13-15-45(19-23)35(48)50-36(2,3)4)31(25)24-16-21(12-11-14-39)28(37)29(38)30(24)41-33;1-2/h16-18,22-23H,10-13,15,19-20H2,1-9H3;1-2H3. The second-order valence-corrected chi connectivity index (χ2v) is 15.0. The van der Waals surface area contributed by atoms with Crippen molar-refractivity contribution in [1.29, 1.82) is 5.26 Å². The molecule has 14 heteroatoms. The van der Waals surface area contributed by atoms with Crippen LogP contribution < -0.4 is 4.74 Å². The van der Waals surface area contributed by atoms with Crippen molar-refractivity contribution in [2.24, 2.45) is 7.05 Å². The Bertz CT molecular complexity index is 1970. The molecule has 1 saturated heterocycles. The first-order valence-electron chi connectivity index (χ1n) is 17.8. The number of likely N-dealkylation sites (tertiary alicyclic amines) is 1. The summed E-state index contributed by atoms with van der Waals surface area (Å²) in [7, 11) is 9.06. The molecule has 3 aromatic heterocycles. The molecule has 2 amide bonds. The maximum Gasteiger partial charge on any atom is 0.410 e. The summed E-state index contributed by atoms with van der Waals surface area (Å²) >= 11 is 3.44. The van der Waals surface area contributed by atoms with Crippen molar-refractivity contribution in [3.63, 3.8) is 0 Å². The van der Waals surface area contributed by atoms with E-state index in [1.165, 1.54) is 4.90 Å². The summed E-state index contributed by atoms with van der Waals surface area (Å²) in [5, 5.41) is 15.0. The normalized spacial score (nSPS) is 15.1. The van der Waals surface area contributed by atoms with Crippen molar-refractivity contribution in [3.8, 4) is 23.2 Å². The van der Waals surface area contributed by atoms with E-state index in [2.05, 4.69) is 43.5 Å². The molecule has 4 heterocycles. The fraction of sp³-hybridized carbons (Fsp3) is 0.553. The van der Waals surface area contributed by atoms with Crippen LogP contribution in [0, 0.1) is 17.1 Å². The lowest BCUT2D eigenvalue weighted by Gasteiger charge is -2.25. The molecule has 5 rings (SSSR count). The van der Waals surface area contributed by atoms with Crippen LogP contribution in [0.3, 0.4) is 0 Å². The number of amides is 2. The highest BCUT2D eigenvalue weighted by Crippen LogP contribution is 2.44. The number of carbonyl (C=O) groups is 2. The lowest BCUT2D eigenvalue weighted by atomic mass is 10.0. The first kappa shape index (κ1) is 40.5. The average molecular weight is 784 g/mol. The molecule has 0 spiro atoms. The van der Waals surface area contributed by atoms with Crippen LogP contribution >= 0.6 is 15.9 Å². The number of halogens is 2. The van der Waals surface area contributed by atoms with E-state index in [1.807, 2.05) is 60.8 Å². The molecule has 0 aliphatic carbocycles. The first-order valence-corrected chi connectivity index (χ1v) is 18.6. The monoisotopic (exact) mass is 782 g/mol. The van der Waals surface area contributed by atoms with E-state index in [9.17, 15) is 14.9 Å². The molecule has 0 bridgehead atoms. The highest BCUT2D eigenvalue weighted by molar-refractivity contribution is 9.10. The van der Waals surface area contributed by atoms with Gasteiger partial charge in [-0.3, -0.25) is 9.48 Å². The summed E-state index contributed by atoms with van der Waals surface area (Å²) in [4.78, 5) is 36.9. The molecule has 0 radical (unpaired) electrons. The predicted octanol–water partition coefficient (Wildman–Crippen LogP) is 7.58. The lowest BCUT2D eigenvalue weighted by molar-refractivity contribution is 0.0289. The van der Waals surface area contributed by atoms with Crippen molar-refractivity contribution < 1.29 is 23.5 Å². The molecule has 4 aromatic rings. The number of rotatable bonds is 10. The van der Waals surface area contributed by atoms with Crippen LogP contribution in [0.5, 0.6) is 5.88 Å². The molecule has 2 unspecified atom stereocenters. The van der Waals surface area contributed by atoms with Crippen molar-refractivity contribution in [1.82, 2.24) is 34.0 Å². The molecule has 52 heavy (non-hydrogen) atoms. The molecule has 282 valence electrons. The fourth-order valence-corrected chi connectivity index (χ4v) is 7.00. The number of ether oxygens (including phenoxy) is 2. The smallest absolute Gasteiger partial charge is 0.410 e. The SMILES string of the molecule is CC.CCC(COc1nc2c(F)c(Br)c(CCC#N)cc2c2c1cc(-c1cnn(C)c1C(=O)N(C)C)n2C1CCN(C(=O)OC(C)(C)C)C1)N(C)C. The predicted molar refractivity (Wildman–Crippen MR) is 205 cm³/mol. The van der Waals surface area contributed by atoms with E-state index >= 15 is 4.39 Å². The quantitative estimate of drug-likeness (QED) is 0.162. The molecule has 0 N–H and O–H groups in total. The Morgan fingerprint density at radius 2 is 1.87 bits per heavy atom. The Balaban J connectivity index is 0.00000297. The van der Waals surface area contributed by atoms with Crippen molar-refractivity contribution in [2.45, 2.75) is 84.9 Å². The van der Waals surface area contributed by atoms with Gasteiger partial charge < -0.3 is 28.7 Å². The summed E-state index contributed by atoms with van der Waals surface area (Å²) in [6.07, 6.45) is 3.18. The summed E-state index contributed by atoms with van der Waals surface area (Å²) < 4.78 is 32.5. The Morgan fingerprint density at radius 3 is 2.46 bits per heavy atom. The number of carbonyl (C=O) groups excluding carboxylic acids is 2. The van der Waals surface area contributed by atoms with E-state index in [1.54, 1.807) is 36.9 Å². The Hall–Kier alpha value is -4.22. The van der Waals surface area contributed by atoms with E-state index in [0.29, 0.717) is 71.3 Å². The number of pyridine rings is 1. The number of nitrogens with zero attached hydrogens (tertiary/aromatic N) is 8. The molecule has 1 fully saturated rings. The van der Waals surface area contributed by atoms with E-state index in [4.69, 9.17) is 14.5 Å². The highest BCUT2D eigenvalue weighted by Gasteiger charge is 2.35. The van der Waals surface area contributed by atoms with Gasteiger partial charge in [-0.1, -0.05) is 20.8 Å². The molecular weight excluding hydrogens is 731 g/mol. The van der Waals surface area contributed by atoms with Crippen LogP contribution in [-0.2, 0) is 18.2 Å². The van der Waals surface area contributed by atoms with Crippen LogP contribution in [0.25, 0.3) is 33.1 Å². The second-order valence-electron chi connectivity index (χ2n) is 14.2. The zero-order valence-electron chi connectivity index (χ0n) is 32.3. The average Bonchev–Trinajstić information content (AvgIpc) is 3.83. The minimum atomic E-state index is -0.667. The summed E-state index contributed by atoms with van der Waals surface area (Å²) in [6, 6.07) is 5.76. The maximum atomic E-state index is 16.4. The van der Waals surface area contributed by atoms with Crippen LogP contribution in [0.15, 0.2) is 22.8 Å². The third-order valence-corrected chi connectivity index (χ3v) is 9.97. The number of hydrogen-bond acceptors (Lipinski definition) is 8. The number of nitriles is 1. The van der Waals surface area contributed by atoms with E-state index in [-0.39, 0.29) is 40.3 Å². The minimum absolute atomic E-state index is 0.0777. The summed E-state index contributed by atoms with van der Waals surface area (Å²) in [5.74, 6) is -0.527. The highest BCUT2D eigenvalue weighted by atomic mass is 79.9. The van der Waals surface area contributed by atoms with Gasteiger partial charge in [-0.15, -0.1) is 0 Å². The zero-order valence-corrected chi connectivity index (χ0v) is 33.9.